The van der Waals surface area contributed by atoms with Crippen molar-refractivity contribution in [2.75, 3.05) is 13.1 Å². The van der Waals surface area contributed by atoms with Gasteiger partial charge in [-0.25, -0.2) is 4.98 Å². The summed E-state index contributed by atoms with van der Waals surface area (Å²) in [4.78, 5) is 18.9. The quantitative estimate of drug-likeness (QED) is 0.811. The number of amides is 1. The first-order valence-corrected chi connectivity index (χ1v) is 7.93. The summed E-state index contributed by atoms with van der Waals surface area (Å²) < 4.78 is 0. The van der Waals surface area contributed by atoms with Gasteiger partial charge in [0, 0.05) is 18.5 Å². The predicted molar refractivity (Wildman–Crippen MR) is 82.9 cm³/mol. The van der Waals surface area contributed by atoms with Gasteiger partial charge in [0.15, 0.2) is 0 Å². The highest BCUT2D eigenvalue weighted by atomic mass is 32.2. The third-order valence-corrected chi connectivity index (χ3v) is 4.66. The lowest BCUT2D eigenvalue weighted by molar-refractivity contribution is -0.129. The molecule has 1 aliphatic heterocycles. The Morgan fingerprint density at radius 3 is 2.75 bits per heavy atom. The molecule has 2 aromatic rings. The van der Waals surface area contributed by atoms with Gasteiger partial charge in [-0.2, -0.15) is 0 Å². The molecule has 0 aliphatic carbocycles. The normalized spacial score (nSPS) is 16.6. The summed E-state index contributed by atoms with van der Waals surface area (Å²) in [5.41, 5.74) is 0.985. The molecule has 0 spiro atoms. The number of benzene rings is 1. The highest BCUT2D eigenvalue weighted by Gasteiger charge is 2.24. The van der Waals surface area contributed by atoms with Crippen LogP contribution in [0.3, 0.4) is 0 Å². The molecule has 104 valence electrons. The van der Waals surface area contributed by atoms with Crippen LogP contribution < -0.4 is 0 Å². The van der Waals surface area contributed by atoms with Crippen molar-refractivity contribution in [3.8, 4) is 0 Å². The molecular weight excluding hydrogens is 268 g/mol. The minimum absolute atomic E-state index is 0.0678. The molecule has 0 N–H and O–H groups in total. The van der Waals surface area contributed by atoms with E-state index in [0.717, 1.165) is 41.9 Å². The topological polar surface area (TPSA) is 33.2 Å². The third-order valence-electron chi connectivity index (χ3n) is 3.64. The van der Waals surface area contributed by atoms with Crippen LogP contribution in [0.25, 0.3) is 10.9 Å². The Labute approximate surface area is 123 Å². The Morgan fingerprint density at radius 2 is 1.95 bits per heavy atom. The van der Waals surface area contributed by atoms with E-state index in [-0.39, 0.29) is 11.2 Å². The van der Waals surface area contributed by atoms with E-state index in [1.54, 1.807) is 11.8 Å². The van der Waals surface area contributed by atoms with Gasteiger partial charge in [0.25, 0.3) is 0 Å². The van der Waals surface area contributed by atoms with Gasteiger partial charge in [-0.3, -0.25) is 4.79 Å². The standard InChI is InChI=1S/C16H18N2OS/c1-12(16(19)18-10-4-5-11-18)20-15-9-8-13-6-2-3-7-14(13)17-15/h2-3,6-9,12H,4-5,10-11H2,1H3/t12-/m0/s1. The Balaban J connectivity index is 1.73. The molecule has 1 fully saturated rings. The second-order valence-electron chi connectivity index (χ2n) is 5.13. The zero-order valence-corrected chi connectivity index (χ0v) is 12.4. The Hall–Kier alpha value is -1.55. The van der Waals surface area contributed by atoms with E-state index in [9.17, 15) is 4.79 Å². The molecule has 0 saturated carbocycles. The molecule has 3 rings (SSSR count). The Morgan fingerprint density at radius 1 is 1.20 bits per heavy atom. The van der Waals surface area contributed by atoms with Gasteiger partial charge in [-0.05, 0) is 31.9 Å². The van der Waals surface area contributed by atoms with Gasteiger partial charge in [-0.1, -0.05) is 36.0 Å². The summed E-state index contributed by atoms with van der Waals surface area (Å²) in [7, 11) is 0. The molecule has 1 aliphatic rings. The molecule has 0 unspecified atom stereocenters. The van der Waals surface area contributed by atoms with E-state index in [1.807, 2.05) is 36.1 Å². The molecule has 0 radical (unpaired) electrons. The van der Waals surface area contributed by atoms with Crippen molar-refractivity contribution >= 4 is 28.6 Å². The van der Waals surface area contributed by atoms with Crippen LogP contribution in [0.4, 0.5) is 0 Å². The molecule has 20 heavy (non-hydrogen) atoms. The summed E-state index contributed by atoms with van der Waals surface area (Å²) >= 11 is 1.55. The summed E-state index contributed by atoms with van der Waals surface area (Å²) in [6.45, 7) is 3.80. The maximum atomic E-state index is 12.3. The second-order valence-corrected chi connectivity index (χ2v) is 6.50. The van der Waals surface area contributed by atoms with E-state index >= 15 is 0 Å². The first-order chi connectivity index (χ1) is 9.74. The average molecular weight is 286 g/mol. The van der Waals surface area contributed by atoms with Crippen LogP contribution in [0.15, 0.2) is 41.4 Å². The number of para-hydroxylation sites is 1. The van der Waals surface area contributed by atoms with Crippen LogP contribution >= 0.6 is 11.8 Å². The predicted octanol–water partition coefficient (Wildman–Crippen LogP) is 3.34. The first kappa shape index (κ1) is 13.4. The number of likely N-dealkylation sites (tertiary alicyclic amines) is 1. The minimum Gasteiger partial charge on any atom is -0.342 e. The number of thioether (sulfide) groups is 1. The lowest BCUT2D eigenvalue weighted by Gasteiger charge is -2.19. The van der Waals surface area contributed by atoms with Crippen molar-refractivity contribution in [2.45, 2.75) is 30.0 Å². The van der Waals surface area contributed by atoms with Crippen LogP contribution in [-0.4, -0.2) is 34.1 Å². The van der Waals surface area contributed by atoms with E-state index in [0.29, 0.717) is 0 Å². The fraction of sp³-hybridized carbons (Fsp3) is 0.375. The third kappa shape index (κ3) is 2.80. The molecule has 2 heterocycles. The van der Waals surface area contributed by atoms with Crippen molar-refractivity contribution in [1.82, 2.24) is 9.88 Å². The molecule has 1 aromatic heterocycles. The van der Waals surface area contributed by atoms with Crippen molar-refractivity contribution in [3.63, 3.8) is 0 Å². The lowest BCUT2D eigenvalue weighted by Crippen LogP contribution is -2.34. The smallest absolute Gasteiger partial charge is 0.235 e. The molecule has 1 aromatic carbocycles. The summed E-state index contributed by atoms with van der Waals surface area (Å²) in [5.74, 6) is 0.238. The second kappa shape index (κ2) is 5.83. The van der Waals surface area contributed by atoms with Gasteiger partial charge in [0.2, 0.25) is 5.91 Å². The van der Waals surface area contributed by atoms with Crippen LogP contribution in [0.5, 0.6) is 0 Å². The number of aromatic nitrogens is 1. The van der Waals surface area contributed by atoms with E-state index in [1.165, 1.54) is 0 Å². The number of carbonyl (C=O) groups excluding carboxylic acids is 1. The fourth-order valence-electron chi connectivity index (χ4n) is 2.54. The van der Waals surface area contributed by atoms with Gasteiger partial charge < -0.3 is 4.90 Å². The van der Waals surface area contributed by atoms with Gasteiger partial charge in [0.1, 0.15) is 0 Å². The minimum atomic E-state index is -0.0678. The molecular formula is C16H18N2OS. The zero-order valence-electron chi connectivity index (χ0n) is 11.6. The molecule has 3 nitrogen and oxygen atoms in total. The van der Waals surface area contributed by atoms with Crippen LogP contribution in [-0.2, 0) is 4.79 Å². The zero-order chi connectivity index (χ0) is 13.9. The maximum absolute atomic E-state index is 12.3. The van der Waals surface area contributed by atoms with E-state index in [2.05, 4.69) is 17.1 Å². The van der Waals surface area contributed by atoms with Crippen molar-refractivity contribution < 1.29 is 4.79 Å². The number of pyridine rings is 1. The molecule has 1 atom stereocenters. The maximum Gasteiger partial charge on any atom is 0.235 e. The summed E-state index contributed by atoms with van der Waals surface area (Å²) in [6.07, 6.45) is 2.27. The van der Waals surface area contributed by atoms with Crippen molar-refractivity contribution in [1.29, 1.82) is 0 Å². The van der Waals surface area contributed by atoms with Crippen molar-refractivity contribution in [3.05, 3.63) is 36.4 Å². The van der Waals surface area contributed by atoms with Gasteiger partial charge >= 0.3 is 0 Å². The molecule has 0 bridgehead atoms. The highest BCUT2D eigenvalue weighted by molar-refractivity contribution is 8.00. The fourth-order valence-corrected chi connectivity index (χ4v) is 3.45. The average Bonchev–Trinajstić information content (AvgIpc) is 3.00. The number of carbonyl (C=O) groups is 1. The summed E-state index contributed by atoms with van der Waals surface area (Å²) in [6, 6.07) is 12.1. The number of fused-ring (bicyclic) bond motifs is 1. The SMILES string of the molecule is C[C@H](Sc1ccc2ccccc2n1)C(=O)N1CCCC1. The Kier molecular flexibility index (Phi) is 3.92. The number of hydrogen-bond donors (Lipinski definition) is 0. The van der Waals surface area contributed by atoms with Crippen LogP contribution in [0.2, 0.25) is 0 Å². The number of nitrogens with zero attached hydrogens (tertiary/aromatic N) is 2. The van der Waals surface area contributed by atoms with Gasteiger partial charge in [-0.15, -0.1) is 0 Å². The molecule has 4 heteroatoms. The van der Waals surface area contributed by atoms with Crippen LogP contribution in [0.1, 0.15) is 19.8 Å². The number of rotatable bonds is 3. The molecule has 1 amide bonds. The van der Waals surface area contributed by atoms with E-state index in [4.69, 9.17) is 0 Å². The first-order valence-electron chi connectivity index (χ1n) is 7.05. The number of hydrogen-bond acceptors (Lipinski definition) is 3. The largest absolute Gasteiger partial charge is 0.342 e. The highest BCUT2D eigenvalue weighted by Crippen LogP contribution is 2.25. The summed E-state index contributed by atoms with van der Waals surface area (Å²) in [5, 5.41) is 1.99. The molecule has 1 saturated heterocycles. The Bertz CT molecular complexity index is 623. The monoisotopic (exact) mass is 286 g/mol. The van der Waals surface area contributed by atoms with Crippen molar-refractivity contribution in [2.24, 2.45) is 0 Å². The van der Waals surface area contributed by atoms with Crippen LogP contribution in [0, 0.1) is 0 Å². The lowest BCUT2D eigenvalue weighted by atomic mass is 10.2. The van der Waals surface area contributed by atoms with Gasteiger partial charge in [0.05, 0.1) is 15.8 Å². The van der Waals surface area contributed by atoms with E-state index < -0.39 is 0 Å².